The summed E-state index contributed by atoms with van der Waals surface area (Å²) in [6.45, 7) is 3.59. The molecule has 0 N–H and O–H groups in total. The summed E-state index contributed by atoms with van der Waals surface area (Å²) in [6, 6.07) is 9.65. The van der Waals surface area contributed by atoms with Crippen LogP contribution in [0.5, 0.6) is 11.5 Å². The fourth-order valence-corrected chi connectivity index (χ4v) is 1.79. The smallest absolute Gasteiger partial charge is 0.150 e. The first-order valence-corrected chi connectivity index (χ1v) is 5.60. The van der Waals surface area contributed by atoms with Gasteiger partial charge in [0.1, 0.15) is 23.6 Å². The molecule has 3 heteroatoms. The lowest BCUT2D eigenvalue weighted by Crippen LogP contribution is -1.93. The fraction of sp³-hybridized carbons (Fsp3) is 0.133. The van der Waals surface area contributed by atoms with Crippen molar-refractivity contribution in [2.75, 3.05) is 0 Å². The number of rotatable bonds is 3. The number of hydrogen-bond acceptors (Lipinski definition) is 2. The molecule has 0 atom stereocenters. The molecule has 2 aromatic rings. The standard InChI is InChI=1S/C15H13FO2/c1-10-7-13(16)8-11(2)15(10)18-14-5-3-12(9-17)4-6-14/h3-9H,1-2H3. The van der Waals surface area contributed by atoms with E-state index in [2.05, 4.69) is 0 Å². The summed E-state index contributed by atoms with van der Waals surface area (Å²) >= 11 is 0. The van der Waals surface area contributed by atoms with E-state index in [-0.39, 0.29) is 5.82 Å². The van der Waals surface area contributed by atoms with Crippen molar-refractivity contribution in [3.8, 4) is 11.5 Å². The molecule has 0 saturated heterocycles. The summed E-state index contributed by atoms with van der Waals surface area (Å²) in [5.41, 5.74) is 2.08. The molecule has 0 aliphatic rings. The van der Waals surface area contributed by atoms with Gasteiger partial charge in [-0.1, -0.05) is 0 Å². The first kappa shape index (κ1) is 12.3. The fourth-order valence-electron chi connectivity index (χ4n) is 1.79. The predicted molar refractivity (Wildman–Crippen MR) is 67.8 cm³/mol. The van der Waals surface area contributed by atoms with E-state index in [9.17, 15) is 9.18 Å². The van der Waals surface area contributed by atoms with E-state index in [4.69, 9.17) is 4.74 Å². The third kappa shape index (κ3) is 2.56. The SMILES string of the molecule is Cc1cc(F)cc(C)c1Oc1ccc(C=O)cc1. The first-order chi connectivity index (χ1) is 8.60. The van der Waals surface area contributed by atoms with E-state index < -0.39 is 0 Å². The van der Waals surface area contributed by atoms with Gasteiger partial charge in [-0.15, -0.1) is 0 Å². The van der Waals surface area contributed by atoms with Crippen LogP contribution in [0.4, 0.5) is 4.39 Å². The summed E-state index contributed by atoms with van der Waals surface area (Å²) in [7, 11) is 0. The van der Waals surface area contributed by atoms with Crippen LogP contribution in [-0.2, 0) is 0 Å². The lowest BCUT2D eigenvalue weighted by Gasteiger charge is -2.11. The minimum absolute atomic E-state index is 0.270. The van der Waals surface area contributed by atoms with E-state index in [0.29, 0.717) is 17.1 Å². The molecule has 0 saturated carbocycles. The molecule has 0 fully saturated rings. The summed E-state index contributed by atoms with van der Waals surface area (Å²) in [6.07, 6.45) is 0.776. The molecule has 0 spiro atoms. The predicted octanol–water partition coefficient (Wildman–Crippen LogP) is 4.05. The topological polar surface area (TPSA) is 26.3 Å². The van der Waals surface area contributed by atoms with Gasteiger partial charge in [0.05, 0.1) is 0 Å². The largest absolute Gasteiger partial charge is 0.457 e. The maximum absolute atomic E-state index is 13.2. The second-order valence-corrected chi connectivity index (χ2v) is 4.16. The lowest BCUT2D eigenvalue weighted by molar-refractivity contribution is 0.112. The van der Waals surface area contributed by atoms with Crippen molar-refractivity contribution in [3.63, 3.8) is 0 Å². The Morgan fingerprint density at radius 2 is 1.61 bits per heavy atom. The van der Waals surface area contributed by atoms with E-state index >= 15 is 0 Å². The zero-order chi connectivity index (χ0) is 13.1. The van der Waals surface area contributed by atoms with E-state index in [1.54, 1.807) is 38.1 Å². The van der Waals surface area contributed by atoms with Crippen LogP contribution >= 0.6 is 0 Å². The average molecular weight is 244 g/mol. The Bertz CT molecular complexity index is 551. The van der Waals surface area contributed by atoms with E-state index in [0.717, 1.165) is 17.4 Å². The average Bonchev–Trinajstić information content (AvgIpc) is 2.34. The molecule has 0 radical (unpaired) electrons. The van der Waals surface area contributed by atoms with Gasteiger partial charge >= 0.3 is 0 Å². The maximum Gasteiger partial charge on any atom is 0.150 e. The summed E-state index contributed by atoms with van der Waals surface area (Å²) in [5, 5.41) is 0. The number of aldehydes is 1. The number of benzene rings is 2. The van der Waals surface area contributed by atoms with Crippen LogP contribution in [-0.4, -0.2) is 6.29 Å². The van der Waals surface area contributed by atoms with Gasteiger partial charge in [-0.25, -0.2) is 4.39 Å². The summed E-state index contributed by atoms with van der Waals surface area (Å²) < 4.78 is 18.9. The molecule has 18 heavy (non-hydrogen) atoms. The number of carbonyl (C=O) groups excluding carboxylic acids is 1. The Morgan fingerprint density at radius 3 is 2.11 bits per heavy atom. The molecule has 0 bridgehead atoms. The summed E-state index contributed by atoms with van der Waals surface area (Å²) in [5.74, 6) is 1.00. The van der Waals surface area contributed by atoms with Crippen molar-refractivity contribution in [2.45, 2.75) is 13.8 Å². The Balaban J connectivity index is 2.30. The molecular weight excluding hydrogens is 231 g/mol. The molecule has 0 aliphatic carbocycles. The second-order valence-electron chi connectivity index (χ2n) is 4.16. The summed E-state index contributed by atoms with van der Waals surface area (Å²) in [4.78, 5) is 10.5. The van der Waals surface area contributed by atoms with Crippen LogP contribution in [0.3, 0.4) is 0 Å². The number of halogens is 1. The molecule has 2 nitrogen and oxygen atoms in total. The van der Waals surface area contributed by atoms with Crippen LogP contribution < -0.4 is 4.74 Å². The van der Waals surface area contributed by atoms with Gasteiger partial charge in [0.2, 0.25) is 0 Å². The van der Waals surface area contributed by atoms with Gasteiger partial charge in [-0.3, -0.25) is 4.79 Å². The highest BCUT2D eigenvalue weighted by Crippen LogP contribution is 2.29. The second kappa shape index (κ2) is 5.00. The molecular formula is C15H13FO2. The van der Waals surface area contributed by atoms with Gasteiger partial charge in [0.15, 0.2) is 0 Å². The number of carbonyl (C=O) groups is 1. The molecule has 2 rings (SSSR count). The Hall–Kier alpha value is -2.16. The molecule has 92 valence electrons. The van der Waals surface area contributed by atoms with E-state index in [1.807, 2.05) is 0 Å². The minimum atomic E-state index is -0.270. The minimum Gasteiger partial charge on any atom is -0.457 e. The van der Waals surface area contributed by atoms with Crippen molar-refractivity contribution < 1.29 is 13.9 Å². The van der Waals surface area contributed by atoms with Gasteiger partial charge in [0.25, 0.3) is 0 Å². The zero-order valence-corrected chi connectivity index (χ0v) is 10.2. The molecule has 0 heterocycles. The highest BCUT2D eigenvalue weighted by Gasteiger charge is 2.07. The van der Waals surface area contributed by atoms with Gasteiger partial charge in [-0.2, -0.15) is 0 Å². The normalized spacial score (nSPS) is 10.2. The van der Waals surface area contributed by atoms with Crippen molar-refractivity contribution in [1.82, 2.24) is 0 Å². The number of aryl methyl sites for hydroxylation is 2. The molecule has 0 amide bonds. The number of hydrogen-bond donors (Lipinski definition) is 0. The van der Waals surface area contributed by atoms with Gasteiger partial charge < -0.3 is 4.74 Å². The Labute approximate surface area is 105 Å². The van der Waals surface area contributed by atoms with Crippen molar-refractivity contribution in [2.24, 2.45) is 0 Å². The highest BCUT2D eigenvalue weighted by molar-refractivity contribution is 5.74. The van der Waals surface area contributed by atoms with Crippen LogP contribution in [0.25, 0.3) is 0 Å². The van der Waals surface area contributed by atoms with Crippen LogP contribution in [0, 0.1) is 19.7 Å². The monoisotopic (exact) mass is 244 g/mol. The molecule has 2 aromatic carbocycles. The Morgan fingerprint density at radius 1 is 1.06 bits per heavy atom. The van der Waals surface area contributed by atoms with Crippen molar-refractivity contribution in [1.29, 1.82) is 0 Å². The third-order valence-corrected chi connectivity index (χ3v) is 2.66. The molecule has 0 unspecified atom stereocenters. The Kier molecular flexibility index (Phi) is 3.42. The van der Waals surface area contributed by atoms with Crippen LogP contribution in [0.2, 0.25) is 0 Å². The lowest BCUT2D eigenvalue weighted by atomic mass is 10.1. The maximum atomic E-state index is 13.2. The number of ether oxygens (including phenoxy) is 1. The van der Waals surface area contributed by atoms with Crippen molar-refractivity contribution >= 4 is 6.29 Å². The van der Waals surface area contributed by atoms with Crippen LogP contribution in [0.1, 0.15) is 21.5 Å². The van der Waals surface area contributed by atoms with E-state index in [1.165, 1.54) is 12.1 Å². The van der Waals surface area contributed by atoms with Gasteiger partial charge in [-0.05, 0) is 61.4 Å². The van der Waals surface area contributed by atoms with Crippen LogP contribution in [0.15, 0.2) is 36.4 Å². The zero-order valence-electron chi connectivity index (χ0n) is 10.2. The highest BCUT2D eigenvalue weighted by atomic mass is 19.1. The van der Waals surface area contributed by atoms with Gasteiger partial charge in [0, 0.05) is 5.56 Å². The first-order valence-electron chi connectivity index (χ1n) is 5.60. The quantitative estimate of drug-likeness (QED) is 0.761. The third-order valence-electron chi connectivity index (χ3n) is 2.66. The molecule has 0 aliphatic heterocycles. The molecule has 0 aromatic heterocycles. The van der Waals surface area contributed by atoms with Crippen molar-refractivity contribution in [3.05, 3.63) is 58.9 Å².